The van der Waals surface area contributed by atoms with Crippen molar-refractivity contribution in [2.75, 3.05) is 23.3 Å². The number of benzene rings is 2. The van der Waals surface area contributed by atoms with Crippen molar-refractivity contribution in [2.45, 2.75) is 19.3 Å². The van der Waals surface area contributed by atoms with Gasteiger partial charge in [0.25, 0.3) is 11.6 Å². The van der Waals surface area contributed by atoms with E-state index in [2.05, 4.69) is 10.2 Å². The molecule has 7 heteroatoms. The topological polar surface area (TPSA) is 75.5 Å². The second kappa shape index (κ2) is 7.53. The Bertz CT molecular complexity index is 787. The SMILES string of the molecule is O=C(Nc1ccc(N2CCCCC2)cc1)c1cc(Cl)ccc1[N+](=O)[O-]. The van der Waals surface area contributed by atoms with E-state index >= 15 is 0 Å². The maximum atomic E-state index is 12.4. The van der Waals surface area contributed by atoms with E-state index in [4.69, 9.17) is 11.6 Å². The van der Waals surface area contributed by atoms with Crippen molar-refractivity contribution in [2.24, 2.45) is 0 Å². The van der Waals surface area contributed by atoms with Gasteiger partial charge in [0.1, 0.15) is 5.56 Å². The molecule has 2 aromatic rings. The minimum absolute atomic E-state index is 0.0578. The number of hydrogen-bond acceptors (Lipinski definition) is 4. The standard InChI is InChI=1S/C18H18ClN3O3/c19-13-4-9-17(22(24)25)16(12-13)18(23)20-14-5-7-15(8-6-14)21-10-2-1-3-11-21/h4-9,12H,1-3,10-11H2,(H,20,23). The predicted molar refractivity (Wildman–Crippen MR) is 98.6 cm³/mol. The summed E-state index contributed by atoms with van der Waals surface area (Å²) in [6.45, 7) is 2.08. The van der Waals surface area contributed by atoms with E-state index in [0.717, 1.165) is 18.8 Å². The van der Waals surface area contributed by atoms with Gasteiger partial charge in [0.05, 0.1) is 4.92 Å². The number of halogens is 1. The second-order valence-electron chi connectivity index (χ2n) is 5.97. The summed E-state index contributed by atoms with van der Waals surface area (Å²) in [5.41, 5.74) is 1.37. The molecule has 0 radical (unpaired) electrons. The lowest BCUT2D eigenvalue weighted by Crippen LogP contribution is -2.29. The average molecular weight is 360 g/mol. The molecule has 1 saturated heterocycles. The van der Waals surface area contributed by atoms with Crippen molar-refractivity contribution >= 4 is 34.6 Å². The number of hydrogen-bond donors (Lipinski definition) is 1. The highest BCUT2D eigenvalue weighted by atomic mass is 35.5. The highest BCUT2D eigenvalue weighted by Crippen LogP contribution is 2.25. The third-order valence-electron chi connectivity index (χ3n) is 4.25. The van der Waals surface area contributed by atoms with Crippen molar-refractivity contribution in [3.05, 3.63) is 63.2 Å². The first-order valence-corrected chi connectivity index (χ1v) is 8.53. The number of rotatable bonds is 4. The largest absolute Gasteiger partial charge is 0.372 e. The van der Waals surface area contributed by atoms with Crippen LogP contribution in [0.1, 0.15) is 29.6 Å². The van der Waals surface area contributed by atoms with Crippen LogP contribution in [0, 0.1) is 10.1 Å². The fraction of sp³-hybridized carbons (Fsp3) is 0.278. The van der Waals surface area contributed by atoms with E-state index in [1.165, 1.54) is 37.5 Å². The molecule has 6 nitrogen and oxygen atoms in total. The molecule has 2 aromatic carbocycles. The Morgan fingerprint density at radius 3 is 2.40 bits per heavy atom. The Morgan fingerprint density at radius 1 is 1.08 bits per heavy atom. The zero-order valence-electron chi connectivity index (χ0n) is 13.6. The molecule has 0 aliphatic carbocycles. The molecule has 130 valence electrons. The second-order valence-corrected chi connectivity index (χ2v) is 6.40. The van der Waals surface area contributed by atoms with Gasteiger partial charge in [-0.05, 0) is 55.7 Å². The van der Waals surface area contributed by atoms with Gasteiger partial charge in [-0.3, -0.25) is 14.9 Å². The first-order valence-electron chi connectivity index (χ1n) is 8.15. The van der Waals surface area contributed by atoms with E-state index in [-0.39, 0.29) is 16.3 Å². The fourth-order valence-corrected chi connectivity index (χ4v) is 3.13. The van der Waals surface area contributed by atoms with E-state index in [1.807, 2.05) is 12.1 Å². The molecular weight excluding hydrogens is 342 g/mol. The van der Waals surface area contributed by atoms with E-state index < -0.39 is 10.8 Å². The molecular formula is C18H18ClN3O3. The minimum atomic E-state index is -0.593. The Balaban J connectivity index is 1.75. The summed E-state index contributed by atoms with van der Waals surface area (Å²) < 4.78 is 0. The van der Waals surface area contributed by atoms with Gasteiger partial charge in [-0.2, -0.15) is 0 Å². The van der Waals surface area contributed by atoms with Crippen LogP contribution in [0.4, 0.5) is 17.1 Å². The van der Waals surface area contributed by atoms with Crippen LogP contribution in [-0.2, 0) is 0 Å². The van der Waals surface area contributed by atoms with Crippen LogP contribution in [0.25, 0.3) is 0 Å². The Hall–Kier alpha value is -2.60. The van der Waals surface area contributed by atoms with Crippen molar-refractivity contribution in [1.82, 2.24) is 0 Å². The molecule has 25 heavy (non-hydrogen) atoms. The highest BCUT2D eigenvalue weighted by Gasteiger charge is 2.20. The molecule has 3 rings (SSSR count). The van der Waals surface area contributed by atoms with Gasteiger partial charge in [-0.15, -0.1) is 0 Å². The van der Waals surface area contributed by atoms with E-state index in [0.29, 0.717) is 5.69 Å². The zero-order valence-corrected chi connectivity index (χ0v) is 14.3. The summed E-state index contributed by atoms with van der Waals surface area (Å²) in [6, 6.07) is 11.4. The fourth-order valence-electron chi connectivity index (χ4n) is 2.96. The van der Waals surface area contributed by atoms with Crippen LogP contribution in [0.3, 0.4) is 0 Å². The average Bonchev–Trinajstić information content (AvgIpc) is 2.62. The summed E-state index contributed by atoms with van der Waals surface area (Å²) in [5.74, 6) is -0.556. The lowest BCUT2D eigenvalue weighted by molar-refractivity contribution is -0.385. The molecule has 1 amide bonds. The summed E-state index contributed by atoms with van der Waals surface area (Å²) in [6.07, 6.45) is 3.65. The van der Waals surface area contributed by atoms with Crippen LogP contribution in [0.5, 0.6) is 0 Å². The van der Waals surface area contributed by atoms with Crippen molar-refractivity contribution in [3.8, 4) is 0 Å². The van der Waals surface area contributed by atoms with E-state index in [9.17, 15) is 14.9 Å². The monoisotopic (exact) mass is 359 g/mol. The number of piperidine rings is 1. The van der Waals surface area contributed by atoms with Gasteiger partial charge in [-0.25, -0.2) is 0 Å². The number of carbonyl (C=O) groups excluding carboxylic acids is 1. The first-order chi connectivity index (χ1) is 12.0. The molecule has 0 spiro atoms. The minimum Gasteiger partial charge on any atom is -0.372 e. The van der Waals surface area contributed by atoms with E-state index in [1.54, 1.807) is 12.1 Å². The normalized spacial score (nSPS) is 14.2. The number of carbonyl (C=O) groups is 1. The molecule has 0 unspecified atom stereocenters. The molecule has 1 aliphatic rings. The van der Waals surface area contributed by atoms with Crippen LogP contribution in [0.15, 0.2) is 42.5 Å². The van der Waals surface area contributed by atoms with Crippen LogP contribution in [0.2, 0.25) is 5.02 Å². The number of nitrogens with zero attached hydrogens (tertiary/aromatic N) is 2. The van der Waals surface area contributed by atoms with Gasteiger partial charge >= 0.3 is 0 Å². The lowest BCUT2D eigenvalue weighted by Gasteiger charge is -2.28. The highest BCUT2D eigenvalue weighted by molar-refractivity contribution is 6.31. The molecule has 1 fully saturated rings. The summed E-state index contributed by atoms with van der Waals surface area (Å²) in [7, 11) is 0. The third-order valence-corrected chi connectivity index (χ3v) is 4.48. The lowest BCUT2D eigenvalue weighted by atomic mass is 10.1. The van der Waals surface area contributed by atoms with Gasteiger partial charge < -0.3 is 10.2 Å². The quantitative estimate of drug-likeness (QED) is 0.644. The van der Waals surface area contributed by atoms with Crippen LogP contribution < -0.4 is 10.2 Å². The number of nitro benzene ring substituents is 1. The van der Waals surface area contributed by atoms with Gasteiger partial charge in [-0.1, -0.05) is 11.6 Å². The number of nitrogens with one attached hydrogen (secondary N) is 1. The van der Waals surface area contributed by atoms with Crippen molar-refractivity contribution in [3.63, 3.8) is 0 Å². The van der Waals surface area contributed by atoms with Crippen molar-refractivity contribution in [1.29, 1.82) is 0 Å². The molecule has 0 bridgehead atoms. The molecule has 0 aromatic heterocycles. The number of amides is 1. The summed E-state index contributed by atoms with van der Waals surface area (Å²) in [5, 5.41) is 14.1. The molecule has 0 saturated carbocycles. The Morgan fingerprint density at radius 2 is 1.76 bits per heavy atom. The van der Waals surface area contributed by atoms with Gasteiger partial charge in [0.2, 0.25) is 0 Å². The first kappa shape index (κ1) is 17.2. The van der Waals surface area contributed by atoms with Crippen molar-refractivity contribution < 1.29 is 9.72 Å². The summed E-state index contributed by atoms with van der Waals surface area (Å²) in [4.78, 5) is 25.2. The number of anilines is 2. The van der Waals surface area contributed by atoms with Crippen LogP contribution in [-0.4, -0.2) is 23.9 Å². The maximum absolute atomic E-state index is 12.4. The molecule has 1 aliphatic heterocycles. The van der Waals surface area contributed by atoms with Gasteiger partial charge in [0.15, 0.2) is 0 Å². The summed E-state index contributed by atoms with van der Waals surface area (Å²) >= 11 is 5.87. The third kappa shape index (κ3) is 4.09. The molecule has 1 heterocycles. The van der Waals surface area contributed by atoms with Gasteiger partial charge in [0, 0.05) is 35.6 Å². The Kier molecular flexibility index (Phi) is 5.19. The Labute approximate surface area is 150 Å². The molecule has 1 N–H and O–H groups in total. The molecule has 0 atom stereocenters. The van der Waals surface area contributed by atoms with Crippen LogP contribution >= 0.6 is 11.6 Å². The maximum Gasteiger partial charge on any atom is 0.282 e. The smallest absolute Gasteiger partial charge is 0.282 e. The zero-order chi connectivity index (χ0) is 17.8. The predicted octanol–water partition coefficient (Wildman–Crippen LogP) is 4.49. The number of nitro groups is 1.